The zero-order valence-electron chi connectivity index (χ0n) is 14.7. The van der Waals surface area contributed by atoms with Crippen LogP contribution in [0.2, 0.25) is 0 Å². The molecule has 0 amide bonds. The van der Waals surface area contributed by atoms with Crippen molar-refractivity contribution < 1.29 is 27.0 Å². The Morgan fingerprint density at radius 2 is 1.79 bits per heavy atom. The molecule has 0 radical (unpaired) electrons. The van der Waals surface area contributed by atoms with Gasteiger partial charge < -0.3 is 9.84 Å². The van der Waals surface area contributed by atoms with Crippen LogP contribution in [0.3, 0.4) is 0 Å². The standard InChI is InChI=1S/C20H17F2NO4S/c21-16-5-8-19(18(22)12-16)27-13-14-3-6-17(7-4-14)28(25,26)20-15(9-11-24)2-1-10-23-20/h1-8,10,12,24H,9,11,13H2. The van der Waals surface area contributed by atoms with E-state index in [2.05, 4.69) is 4.98 Å². The highest BCUT2D eigenvalue weighted by atomic mass is 32.2. The summed E-state index contributed by atoms with van der Waals surface area (Å²) in [5.74, 6) is -1.61. The summed E-state index contributed by atoms with van der Waals surface area (Å²) in [6, 6.07) is 12.1. The van der Waals surface area contributed by atoms with E-state index in [9.17, 15) is 17.2 Å². The molecule has 1 aromatic heterocycles. The first-order valence-corrected chi connectivity index (χ1v) is 9.87. The third-order valence-corrected chi connectivity index (χ3v) is 5.78. The summed E-state index contributed by atoms with van der Waals surface area (Å²) in [5.41, 5.74) is 1.04. The smallest absolute Gasteiger partial charge is 0.224 e. The van der Waals surface area contributed by atoms with Gasteiger partial charge in [0.25, 0.3) is 0 Å². The van der Waals surface area contributed by atoms with Gasteiger partial charge in [0, 0.05) is 18.9 Å². The largest absolute Gasteiger partial charge is 0.486 e. The number of rotatable bonds is 7. The molecule has 0 saturated carbocycles. The Balaban J connectivity index is 1.78. The van der Waals surface area contributed by atoms with E-state index in [1.54, 1.807) is 24.3 Å². The topological polar surface area (TPSA) is 76.5 Å². The molecule has 0 unspecified atom stereocenters. The van der Waals surface area contributed by atoms with Gasteiger partial charge in [-0.15, -0.1) is 0 Å². The van der Waals surface area contributed by atoms with Crippen LogP contribution in [0.4, 0.5) is 8.78 Å². The third kappa shape index (κ3) is 4.35. The molecule has 5 nitrogen and oxygen atoms in total. The predicted octanol–water partition coefficient (Wildman–Crippen LogP) is 3.31. The Hall–Kier alpha value is -2.84. The molecule has 0 aliphatic rings. The molecular formula is C20H17F2NO4S. The Morgan fingerprint density at radius 1 is 1.04 bits per heavy atom. The lowest BCUT2D eigenvalue weighted by Crippen LogP contribution is -2.09. The molecule has 0 atom stereocenters. The van der Waals surface area contributed by atoms with Crippen molar-refractivity contribution in [3.05, 3.63) is 83.6 Å². The summed E-state index contributed by atoms with van der Waals surface area (Å²) in [6.45, 7) is -0.202. The fraction of sp³-hybridized carbons (Fsp3) is 0.150. The first-order valence-electron chi connectivity index (χ1n) is 8.38. The Kier molecular flexibility index (Phi) is 6.01. The molecule has 0 saturated heterocycles. The second-order valence-electron chi connectivity index (χ2n) is 5.95. The van der Waals surface area contributed by atoms with Crippen molar-refractivity contribution in [2.45, 2.75) is 22.9 Å². The fourth-order valence-corrected chi connectivity index (χ4v) is 4.04. The minimum absolute atomic E-state index is 0.0117. The molecule has 1 N–H and O–H groups in total. The molecule has 1 heterocycles. The number of nitrogens with zero attached hydrogens (tertiary/aromatic N) is 1. The second-order valence-corrected chi connectivity index (χ2v) is 7.82. The van der Waals surface area contributed by atoms with Gasteiger partial charge in [0.05, 0.1) is 4.90 Å². The molecule has 2 aromatic carbocycles. The second kappa shape index (κ2) is 8.45. The molecule has 146 valence electrons. The molecule has 0 aliphatic carbocycles. The number of hydrogen-bond donors (Lipinski definition) is 1. The number of benzene rings is 2. The van der Waals surface area contributed by atoms with Crippen LogP contribution in [0.25, 0.3) is 0 Å². The van der Waals surface area contributed by atoms with E-state index in [1.807, 2.05) is 0 Å². The highest BCUT2D eigenvalue weighted by Crippen LogP contribution is 2.24. The minimum atomic E-state index is -3.85. The summed E-state index contributed by atoms with van der Waals surface area (Å²) >= 11 is 0. The van der Waals surface area contributed by atoms with Gasteiger partial charge in [0.1, 0.15) is 12.4 Å². The summed E-state index contributed by atoms with van der Waals surface area (Å²) < 4.78 is 57.5. The van der Waals surface area contributed by atoms with Gasteiger partial charge in [-0.2, -0.15) is 0 Å². The predicted molar refractivity (Wildman–Crippen MR) is 97.6 cm³/mol. The van der Waals surface area contributed by atoms with Crippen LogP contribution >= 0.6 is 0 Å². The van der Waals surface area contributed by atoms with Crippen LogP contribution in [-0.2, 0) is 22.9 Å². The van der Waals surface area contributed by atoms with Gasteiger partial charge in [-0.25, -0.2) is 22.2 Å². The molecular weight excluding hydrogens is 388 g/mol. The van der Waals surface area contributed by atoms with Crippen LogP contribution in [0, 0.1) is 11.6 Å². The number of pyridine rings is 1. The lowest BCUT2D eigenvalue weighted by Gasteiger charge is -2.10. The lowest BCUT2D eigenvalue weighted by molar-refractivity contribution is 0.289. The van der Waals surface area contributed by atoms with E-state index >= 15 is 0 Å². The molecule has 3 aromatic rings. The van der Waals surface area contributed by atoms with E-state index in [0.29, 0.717) is 11.1 Å². The highest BCUT2D eigenvalue weighted by Gasteiger charge is 2.22. The number of ether oxygens (including phenoxy) is 1. The molecule has 3 rings (SSSR count). The van der Waals surface area contributed by atoms with E-state index in [1.165, 1.54) is 24.4 Å². The number of aliphatic hydroxyl groups excluding tert-OH is 1. The van der Waals surface area contributed by atoms with Crippen molar-refractivity contribution in [2.24, 2.45) is 0 Å². The summed E-state index contributed by atoms with van der Waals surface area (Å²) in [5, 5.41) is 9.02. The molecule has 0 aliphatic heterocycles. The first-order chi connectivity index (χ1) is 13.4. The molecule has 8 heteroatoms. The monoisotopic (exact) mass is 405 g/mol. The van der Waals surface area contributed by atoms with Crippen molar-refractivity contribution in [2.75, 3.05) is 6.61 Å². The lowest BCUT2D eigenvalue weighted by atomic mass is 10.2. The Labute approximate surface area is 161 Å². The van der Waals surface area contributed by atoms with E-state index in [0.717, 1.165) is 12.1 Å². The quantitative estimate of drug-likeness (QED) is 0.653. The van der Waals surface area contributed by atoms with Crippen LogP contribution < -0.4 is 4.74 Å². The highest BCUT2D eigenvalue weighted by molar-refractivity contribution is 7.91. The minimum Gasteiger partial charge on any atom is -0.486 e. The van der Waals surface area contributed by atoms with Gasteiger partial charge >= 0.3 is 0 Å². The van der Waals surface area contributed by atoms with Crippen molar-refractivity contribution >= 4 is 9.84 Å². The van der Waals surface area contributed by atoms with Crippen molar-refractivity contribution in [3.8, 4) is 5.75 Å². The van der Waals surface area contributed by atoms with Crippen molar-refractivity contribution in [1.29, 1.82) is 0 Å². The normalized spacial score (nSPS) is 11.4. The van der Waals surface area contributed by atoms with E-state index in [-0.39, 0.29) is 35.3 Å². The number of aromatic nitrogens is 1. The number of hydrogen-bond acceptors (Lipinski definition) is 5. The van der Waals surface area contributed by atoms with Crippen LogP contribution in [0.1, 0.15) is 11.1 Å². The summed E-state index contributed by atoms with van der Waals surface area (Å²) in [6.07, 6.45) is 1.56. The van der Waals surface area contributed by atoms with Crippen molar-refractivity contribution in [1.82, 2.24) is 4.98 Å². The average molecular weight is 405 g/mol. The molecule has 0 spiro atoms. The van der Waals surface area contributed by atoms with Gasteiger partial charge in [0.15, 0.2) is 16.6 Å². The molecule has 28 heavy (non-hydrogen) atoms. The fourth-order valence-electron chi connectivity index (χ4n) is 2.61. The van der Waals surface area contributed by atoms with Gasteiger partial charge in [0.2, 0.25) is 9.84 Å². The molecule has 0 bridgehead atoms. The zero-order valence-corrected chi connectivity index (χ0v) is 15.5. The Morgan fingerprint density at radius 3 is 2.46 bits per heavy atom. The summed E-state index contributed by atoms with van der Waals surface area (Å²) in [4.78, 5) is 4.01. The maximum absolute atomic E-state index is 13.6. The van der Waals surface area contributed by atoms with Gasteiger partial charge in [-0.05, 0) is 47.9 Å². The van der Waals surface area contributed by atoms with E-state index in [4.69, 9.17) is 9.84 Å². The third-order valence-electron chi connectivity index (χ3n) is 4.01. The first kappa shape index (κ1) is 19.9. The maximum atomic E-state index is 13.6. The maximum Gasteiger partial charge on any atom is 0.224 e. The summed E-state index contributed by atoms with van der Waals surface area (Å²) in [7, 11) is -3.85. The van der Waals surface area contributed by atoms with Crippen LogP contribution in [0.15, 0.2) is 70.7 Å². The number of halogens is 2. The SMILES string of the molecule is O=S(=O)(c1ccc(COc2ccc(F)cc2F)cc1)c1ncccc1CCO. The Bertz CT molecular complexity index is 1070. The van der Waals surface area contributed by atoms with Crippen LogP contribution in [0.5, 0.6) is 5.75 Å². The van der Waals surface area contributed by atoms with E-state index < -0.39 is 21.5 Å². The molecule has 0 fully saturated rings. The zero-order chi connectivity index (χ0) is 20.1. The van der Waals surface area contributed by atoms with Gasteiger partial charge in [-0.1, -0.05) is 18.2 Å². The average Bonchev–Trinajstić information content (AvgIpc) is 2.68. The van der Waals surface area contributed by atoms with Crippen LogP contribution in [-0.4, -0.2) is 25.1 Å². The number of sulfone groups is 1. The number of aliphatic hydroxyl groups is 1. The van der Waals surface area contributed by atoms with Gasteiger partial charge in [-0.3, -0.25) is 0 Å². The van der Waals surface area contributed by atoms with Crippen molar-refractivity contribution in [3.63, 3.8) is 0 Å².